The van der Waals surface area contributed by atoms with Crippen LogP contribution < -0.4 is 17.1 Å². The Morgan fingerprint density at radius 2 is 1.77 bits per heavy atom. The van der Waals surface area contributed by atoms with Gasteiger partial charge in [-0.05, 0) is 37.0 Å². The van der Waals surface area contributed by atoms with Crippen molar-refractivity contribution in [2.24, 2.45) is 16.7 Å². The van der Waals surface area contributed by atoms with Gasteiger partial charge in [0.2, 0.25) is 0 Å². The van der Waals surface area contributed by atoms with Crippen molar-refractivity contribution in [2.75, 3.05) is 0 Å². The van der Waals surface area contributed by atoms with Gasteiger partial charge < -0.3 is 15.4 Å². The minimum absolute atomic E-state index is 0.115. The zero-order valence-corrected chi connectivity index (χ0v) is 21.6. The number of nitrogens with one attached hydrogen (secondary N) is 1. The number of nitrogens with zero attached hydrogens (tertiary/aromatic N) is 3. The summed E-state index contributed by atoms with van der Waals surface area (Å²) in [7, 11) is 0. The van der Waals surface area contributed by atoms with Crippen LogP contribution in [-0.2, 0) is 18.6 Å². The number of aliphatic hydroxyl groups is 1. The topological polar surface area (TPSA) is 132 Å². The predicted octanol–water partition coefficient (Wildman–Crippen LogP) is 4.09. The van der Waals surface area contributed by atoms with E-state index in [0.29, 0.717) is 23.8 Å². The monoisotopic (exact) mass is 478 g/mol. The Hall–Kier alpha value is -3.49. The van der Waals surface area contributed by atoms with Crippen molar-refractivity contribution >= 4 is 11.6 Å². The highest BCUT2D eigenvalue weighted by atomic mass is 16.3. The van der Waals surface area contributed by atoms with Crippen LogP contribution in [-0.4, -0.2) is 26.3 Å². The number of aromatic nitrogens is 2. The van der Waals surface area contributed by atoms with E-state index in [-0.39, 0.29) is 5.78 Å². The number of rotatable bonds is 9. The lowest BCUT2D eigenvalue weighted by Gasteiger charge is -2.17. The van der Waals surface area contributed by atoms with Crippen molar-refractivity contribution in [3.63, 3.8) is 0 Å². The highest BCUT2D eigenvalue weighted by molar-refractivity contribution is 6.03. The maximum absolute atomic E-state index is 12.5. The molecule has 0 fully saturated rings. The number of hydrogen-bond acceptors (Lipinski definition) is 6. The lowest BCUT2D eigenvalue weighted by atomic mass is 9.98. The van der Waals surface area contributed by atoms with Gasteiger partial charge in [0, 0.05) is 25.5 Å². The molecule has 0 aliphatic rings. The lowest BCUT2D eigenvalue weighted by Crippen LogP contribution is -2.23. The average molecular weight is 479 g/mol. The Morgan fingerprint density at radius 1 is 1.14 bits per heavy atom. The van der Waals surface area contributed by atoms with Gasteiger partial charge in [-0.3, -0.25) is 4.79 Å². The summed E-state index contributed by atoms with van der Waals surface area (Å²) in [5.41, 5.74) is 11.7. The molecule has 1 heterocycles. The van der Waals surface area contributed by atoms with Gasteiger partial charge in [-0.1, -0.05) is 69.3 Å². The quantitative estimate of drug-likeness (QED) is 0.120. The lowest BCUT2D eigenvalue weighted by molar-refractivity contribution is 0.0713. The summed E-state index contributed by atoms with van der Waals surface area (Å²) in [6.45, 7) is 11.4. The molecule has 188 valence electrons. The first kappa shape index (κ1) is 27.8. The maximum atomic E-state index is 12.5. The van der Waals surface area contributed by atoms with E-state index in [1.807, 2.05) is 66.9 Å². The van der Waals surface area contributed by atoms with Crippen LogP contribution in [0.1, 0.15) is 81.1 Å². The Labute approximate surface area is 208 Å². The average Bonchev–Trinajstić information content (AvgIpc) is 3.20. The number of ketones is 1. The van der Waals surface area contributed by atoms with Crippen LogP contribution in [0.25, 0.3) is 11.1 Å². The standard InChI is InChI=1S/C25H32N6O2.C2H6/c1-5-8-21-28-23(25(3,4)33)22(16(2)32)31(21)15-17-11-13-18(14-12-17)19-9-6-7-10-20(19)24(26)29-30-27;1-2/h6-7,9-14,30,33H,5,8,15,27H2,1-4H3,(H2,26,29);1-2H3. The SMILES string of the molecule is CC.CCCc1nc(C(C)(C)O)c(C(C)=O)n1Cc1ccc(-c2ccccc2/C(N)=N/NN)cc1. The normalized spacial score (nSPS) is 11.6. The van der Waals surface area contributed by atoms with E-state index >= 15 is 0 Å². The molecule has 1 aromatic heterocycles. The molecule has 35 heavy (non-hydrogen) atoms. The Morgan fingerprint density at radius 3 is 2.31 bits per heavy atom. The van der Waals surface area contributed by atoms with Gasteiger partial charge >= 0.3 is 0 Å². The molecule has 8 heteroatoms. The van der Waals surface area contributed by atoms with Gasteiger partial charge in [-0.25, -0.2) is 16.4 Å². The molecule has 0 radical (unpaired) electrons. The van der Waals surface area contributed by atoms with E-state index in [9.17, 15) is 9.90 Å². The van der Waals surface area contributed by atoms with Crippen molar-refractivity contribution in [3.05, 3.63) is 76.9 Å². The second-order valence-corrected chi connectivity index (χ2v) is 8.55. The number of hydrogen-bond donors (Lipinski definition) is 4. The molecule has 0 unspecified atom stereocenters. The molecule has 6 N–H and O–H groups in total. The summed E-state index contributed by atoms with van der Waals surface area (Å²) in [5, 5.41) is 14.5. The van der Waals surface area contributed by atoms with Crippen molar-refractivity contribution in [1.29, 1.82) is 0 Å². The minimum Gasteiger partial charge on any atom is -0.384 e. The first-order valence-electron chi connectivity index (χ1n) is 12.0. The molecule has 0 amide bonds. The Bertz CT molecular complexity index is 1160. The van der Waals surface area contributed by atoms with Gasteiger partial charge in [0.25, 0.3) is 0 Å². The van der Waals surface area contributed by atoms with E-state index in [4.69, 9.17) is 11.6 Å². The number of carbonyl (C=O) groups is 1. The highest BCUT2D eigenvalue weighted by Gasteiger charge is 2.29. The molecule has 3 aromatic rings. The molecule has 0 saturated carbocycles. The molecule has 2 aromatic carbocycles. The molecular formula is C27H38N6O2. The molecule has 8 nitrogen and oxygen atoms in total. The number of hydrazine groups is 1. The number of benzene rings is 2. The maximum Gasteiger partial charge on any atom is 0.178 e. The highest BCUT2D eigenvalue weighted by Crippen LogP contribution is 2.28. The van der Waals surface area contributed by atoms with Gasteiger partial charge in [0.15, 0.2) is 11.6 Å². The van der Waals surface area contributed by atoms with Crippen LogP contribution >= 0.6 is 0 Å². The largest absolute Gasteiger partial charge is 0.384 e. The molecule has 0 aliphatic carbocycles. The van der Waals surface area contributed by atoms with E-state index in [2.05, 4.69) is 22.5 Å². The fourth-order valence-corrected chi connectivity index (χ4v) is 3.93. The van der Waals surface area contributed by atoms with E-state index < -0.39 is 5.60 Å². The summed E-state index contributed by atoms with van der Waals surface area (Å²) in [6, 6.07) is 15.8. The zero-order valence-electron chi connectivity index (χ0n) is 21.6. The summed E-state index contributed by atoms with van der Waals surface area (Å²) in [4.78, 5) is 17.2. The van der Waals surface area contributed by atoms with Gasteiger partial charge in [0.05, 0.1) is 0 Å². The smallest absolute Gasteiger partial charge is 0.178 e. The number of imidazole rings is 1. The molecule has 0 aliphatic heterocycles. The fraction of sp³-hybridized carbons (Fsp3) is 0.370. The van der Waals surface area contributed by atoms with Crippen LogP contribution in [0.15, 0.2) is 53.6 Å². The Balaban J connectivity index is 0.00000210. The molecule has 0 bridgehead atoms. The minimum atomic E-state index is -1.21. The molecule has 0 saturated heterocycles. The predicted molar refractivity (Wildman–Crippen MR) is 142 cm³/mol. The third-order valence-corrected chi connectivity index (χ3v) is 5.43. The number of aryl methyl sites for hydroxylation is 1. The second kappa shape index (κ2) is 12.3. The second-order valence-electron chi connectivity index (χ2n) is 8.55. The van der Waals surface area contributed by atoms with Crippen molar-refractivity contribution in [1.82, 2.24) is 15.1 Å². The third-order valence-electron chi connectivity index (χ3n) is 5.43. The van der Waals surface area contributed by atoms with Crippen LogP contribution in [0.4, 0.5) is 0 Å². The summed E-state index contributed by atoms with van der Waals surface area (Å²) >= 11 is 0. The third kappa shape index (κ3) is 6.55. The summed E-state index contributed by atoms with van der Waals surface area (Å²) in [5.74, 6) is 6.26. The van der Waals surface area contributed by atoms with Crippen molar-refractivity contribution < 1.29 is 9.90 Å². The summed E-state index contributed by atoms with van der Waals surface area (Å²) < 4.78 is 1.93. The number of amidine groups is 1. The first-order chi connectivity index (χ1) is 16.7. The number of hydrazone groups is 1. The molecule has 0 spiro atoms. The zero-order chi connectivity index (χ0) is 26.2. The van der Waals surface area contributed by atoms with E-state index in [0.717, 1.165) is 40.9 Å². The van der Waals surface area contributed by atoms with E-state index in [1.165, 1.54) is 6.92 Å². The molecule has 3 rings (SSSR count). The number of carbonyl (C=O) groups excluding carboxylic acids is 1. The van der Waals surface area contributed by atoms with Crippen LogP contribution in [0.5, 0.6) is 0 Å². The van der Waals surface area contributed by atoms with E-state index in [1.54, 1.807) is 13.8 Å². The van der Waals surface area contributed by atoms with Crippen LogP contribution in [0.3, 0.4) is 0 Å². The van der Waals surface area contributed by atoms with Crippen LogP contribution in [0, 0.1) is 0 Å². The molecular weight excluding hydrogens is 440 g/mol. The van der Waals surface area contributed by atoms with Crippen LogP contribution in [0.2, 0.25) is 0 Å². The summed E-state index contributed by atoms with van der Waals surface area (Å²) in [6.07, 6.45) is 1.60. The number of Topliss-reactive ketones (excluding diaryl/α,β-unsaturated/α-hetero) is 1. The van der Waals surface area contributed by atoms with Gasteiger partial charge in [-0.15, -0.1) is 5.10 Å². The van der Waals surface area contributed by atoms with Crippen molar-refractivity contribution in [3.8, 4) is 11.1 Å². The molecule has 0 atom stereocenters. The Kier molecular flexibility index (Phi) is 9.74. The van der Waals surface area contributed by atoms with Gasteiger partial charge in [0.1, 0.15) is 22.8 Å². The van der Waals surface area contributed by atoms with Crippen molar-refractivity contribution in [2.45, 2.75) is 66.5 Å². The fourth-order valence-electron chi connectivity index (χ4n) is 3.93. The van der Waals surface area contributed by atoms with Gasteiger partial charge in [-0.2, -0.15) is 0 Å². The first-order valence-corrected chi connectivity index (χ1v) is 12.0. The number of nitrogens with two attached hydrogens (primary N) is 2.